The highest BCUT2D eigenvalue weighted by molar-refractivity contribution is 6.06. The van der Waals surface area contributed by atoms with Crippen LogP contribution >= 0.6 is 0 Å². The lowest BCUT2D eigenvalue weighted by Crippen LogP contribution is -2.15. The first-order chi connectivity index (χ1) is 11.2. The number of H-pyrrole nitrogens is 1. The van der Waals surface area contributed by atoms with E-state index in [0.29, 0.717) is 22.5 Å². The minimum atomic E-state index is -0.415. The molecule has 1 aromatic heterocycles. The Kier molecular flexibility index (Phi) is 5.12. The zero-order chi connectivity index (χ0) is 18.0. The highest BCUT2D eigenvalue weighted by Crippen LogP contribution is 2.21. The summed E-state index contributed by atoms with van der Waals surface area (Å²) in [6.45, 7) is 11.1. The monoisotopic (exact) mass is 328 g/mol. The lowest BCUT2D eigenvalue weighted by molar-refractivity contribution is 0.0376. The number of carbonyl (C=O) groups is 2. The highest BCUT2D eigenvalue weighted by atomic mass is 16.5. The number of rotatable bonds is 4. The van der Waals surface area contributed by atoms with E-state index in [0.717, 1.165) is 16.8 Å². The van der Waals surface area contributed by atoms with Crippen LogP contribution in [0.25, 0.3) is 0 Å². The Labute approximate surface area is 142 Å². The van der Waals surface area contributed by atoms with Crippen molar-refractivity contribution in [1.29, 1.82) is 0 Å². The number of ether oxygens (including phenoxy) is 1. The molecule has 1 amide bonds. The van der Waals surface area contributed by atoms with E-state index in [9.17, 15) is 9.59 Å². The second kappa shape index (κ2) is 6.91. The van der Waals surface area contributed by atoms with E-state index < -0.39 is 5.97 Å². The molecule has 128 valence electrons. The molecule has 5 nitrogen and oxygen atoms in total. The number of aromatic nitrogens is 1. The van der Waals surface area contributed by atoms with Gasteiger partial charge in [0, 0.05) is 11.4 Å². The van der Waals surface area contributed by atoms with Crippen molar-refractivity contribution in [3.05, 3.63) is 51.8 Å². The van der Waals surface area contributed by atoms with E-state index in [1.807, 2.05) is 32.0 Å². The Hall–Kier alpha value is -2.56. The third kappa shape index (κ3) is 3.85. The third-order valence-electron chi connectivity index (χ3n) is 3.69. The molecular formula is C19H24N2O3. The SMILES string of the molecule is Cc1cc(C)cc(NC(=O)c2[nH]c(C)c(C(=O)OC(C)C)c2C)c1. The van der Waals surface area contributed by atoms with Crippen LogP contribution in [0, 0.1) is 27.7 Å². The van der Waals surface area contributed by atoms with Crippen molar-refractivity contribution in [2.24, 2.45) is 0 Å². The number of nitrogens with one attached hydrogen (secondary N) is 2. The van der Waals surface area contributed by atoms with E-state index >= 15 is 0 Å². The number of anilines is 1. The predicted octanol–water partition coefficient (Wildman–Crippen LogP) is 4.07. The smallest absolute Gasteiger partial charge is 0.340 e. The summed E-state index contributed by atoms with van der Waals surface area (Å²) in [7, 11) is 0. The Bertz CT molecular complexity index is 768. The molecule has 0 radical (unpaired) electrons. The van der Waals surface area contributed by atoms with Crippen LogP contribution in [-0.4, -0.2) is 23.0 Å². The molecule has 0 bridgehead atoms. The van der Waals surface area contributed by atoms with Crippen LogP contribution in [-0.2, 0) is 4.74 Å². The van der Waals surface area contributed by atoms with Crippen molar-refractivity contribution < 1.29 is 14.3 Å². The molecule has 2 N–H and O–H groups in total. The Morgan fingerprint density at radius 3 is 2.17 bits per heavy atom. The molecule has 0 aliphatic rings. The largest absolute Gasteiger partial charge is 0.459 e. The third-order valence-corrected chi connectivity index (χ3v) is 3.69. The van der Waals surface area contributed by atoms with E-state index in [4.69, 9.17) is 4.74 Å². The number of hydrogen-bond acceptors (Lipinski definition) is 3. The van der Waals surface area contributed by atoms with Gasteiger partial charge in [-0.05, 0) is 70.4 Å². The second-order valence-electron chi connectivity index (χ2n) is 6.41. The molecule has 0 fully saturated rings. The summed E-state index contributed by atoms with van der Waals surface area (Å²) >= 11 is 0. The first kappa shape index (κ1) is 17.8. The number of esters is 1. The number of carbonyl (C=O) groups excluding carboxylic acids is 2. The maximum atomic E-state index is 12.6. The van der Waals surface area contributed by atoms with Crippen LogP contribution in [0.3, 0.4) is 0 Å². The first-order valence-corrected chi connectivity index (χ1v) is 7.98. The standard InChI is InChI=1S/C19H24N2O3/c1-10(2)24-19(23)16-13(5)17(20-14(16)6)18(22)21-15-8-11(3)7-12(4)9-15/h7-10,20H,1-6H3,(H,21,22). The predicted molar refractivity (Wildman–Crippen MR) is 94.7 cm³/mol. The van der Waals surface area contributed by atoms with Crippen molar-refractivity contribution in [2.75, 3.05) is 5.32 Å². The van der Waals surface area contributed by atoms with Gasteiger partial charge in [0.1, 0.15) is 5.69 Å². The molecule has 0 atom stereocenters. The molecule has 2 aromatic rings. The van der Waals surface area contributed by atoms with Gasteiger partial charge < -0.3 is 15.0 Å². The van der Waals surface area contributed by atoms with Crippen molar-refractivity contribution in [3.8, 4) is 0 Å². The van der Waals surface area contributed by atoms with Crippen molar-refractivity contribution in [2.45, 2.75) is 47.6 Å². The quantitative estimate of drug-likeness (QED) is 0.831. The van der Waals surface area contributed by atoms with Crippen molar-refractivity contribution >= 4 is 17.6 Å². The highest BCUT2D eigenvalue weighted by Gasteiger charge is 2.23. The Morgan fingerprint density at radius 1 is 1.04 bits per heavy atom. The fourth-order valence-corrected chi connectivity index (χ4v) is 2.80. The molecule has 0 saturated heterocycles. The number of hydrogen-bond donors (Lipinski definition) is 2. The summed E-state index contributed by atoms with van der Waals surface area (Å²) in [6.07, 6.45) is -0.209. The number of benzene rings is 1. The molecule has 0 aliphatic heterocycles. The van der Waals surface area contributed by atoms with Crippen LogP contribution in [0.1, 0.15) is 57.1 Å². The van der Waals surface area contributed by atoms with Crippen molar-refractivity contribution in [1.82, 2.24) is 4.98 Å². The molecule has 5 heteroatoms. The number of amides is 1. The molecule has 24 heavy (non-hydrogen) atoms. The average Bonchev–Trinajstić information content (AvgIpc) is 2.72. The van der Waals surface area contributed by atoms with Gasteiger partial charge in [0.25, 0.3) is 5.91 Å². The van der Waals surface area contributed by atoms with Gasteiger partial charge in [-0.2, -0.15) is 0 Å². The molecule has 1 heterocycles. The molecular weight excluding hydrogens is 304 g/mol. The lowest BCUT2D eigenvalue weighted by atomic mass is 10.1. The fourth-order valence-electron chi connectivity index (χ4n) is 2.80. The topological polar surface area (TPSA) is 71.2 Å². The maximum absolute atomic E-state index is 12.6. The molecule has 2 rings (SSSR count). The average molecular weight is 328 g/mol. The number of aromatic amines is 1. The van der Waals surface area contributed by atoms with Crippen LogP contribution in [0.4, 0.5) is 5.69 Å². The van der Waals surface area contributed by atoms with Gasteiger partial charge in [-0.25, -0.2) is 4.79 Å². The van der Waals surface area contributed by atoms with E-state index in [1.165, 1.54) is 0 Å². The fraction of sp³-hybridized carbons (Fsp3) is 0.368. The Morgan fingerprint density at radius 2 is 1.62 bits per heavy atom. The van der Waals surface area contributed by atoms with Crippen molar-refractivity contribution in [3.63, 3.8) is 0 Å². The molecule has 0 unspecified atom stereocenters. The lowest BCUT2D eigenvalue weighted by Gasteiger charge is -2.09. The van der Waals surface area contributed by atoms with Gasteiger partial charge in [-0.1, -0.05) is 6.07 Å². The summed E-state index contributed by atoms with van der Waals surface area (Å²) in [5.41, 5.74) is 4.91. The molecule has 0 saturated carbocycles. The second-order valence-corrected chi connectivity index (χ2v) is 6.41. The minimum Gasteiger partial charge on any atom is -0.459 e. The molecule has 1 aromatic carbocycles. The van der Waals surface area contributed by atoms with Crippen LogP contribution in [0.5, 0.6) is 0 Å². The minimum absolute atomic E-state index is 0.209. The number of aryl methyl sites for hydroxylation is 3. The maximum Gasteiger partial charge on any atom is 0.340 e. The molecule has 0 aliphatic carbocycles. The summed E-state index contributed by atoms with van der Waals surface area (Å²) in [5, 5.41) is 2.88. The summed E-state index contributed by atoms with van der Waals surface area (Å²) in [6, 6.07) is 5.85. The first-order valence-electron chi connectivity index (χ1n) is 7.98. The van der Waals surface area contributed by atoms with Gasteiger partial charge >= 0.3 is 5.97 Å². The summed E-state index contributed by atoms with van der Waals surface area (Å²) in [4.78, 5) is 27.8. The van der Waals surface area contributed by atoms with Gasteiger partial charge in [-0.3, -0.25) is 4.79 Å². The van der Waals surface area contributed by atoms with Gasteiger partial charge in [0.05, 0.1) is 11.7 Å². The van der Waals surface area contributed by atoms with E-state index in [-0.39, 0.29) is 12.0 Å². The summed E-state index contributed by atoms with van der Waals surface area (Å²) < 4.78 is 5.25. The van der Waals surface area contributed by atoms with Crippen LogP contribution in [0.2, 0.25) is 0 Å². The molecule has 0 spiro atoms. The van der Waals surface area contributed by atoms with Gasteiger partial charge in [0.2, 0.25) is 0 Å². The van der Waals surface area contributed by atoms with Crippen LogP contribution in [0.15, 0.2) is 18.2 Å². The van der Waals surface area contributed by atoms with Gasteiger partial charge in [0.15, 0.2) is 0 Å². The van der Waals surface area contributed by atoms with E-state index in [2.05, 4.69) is 10.3 Å². The zero-order valence-corrected chi connectivity index (χ0v) is 15.0. The zero-order valence-electron chi connectivity index (χ0n) is 15.0. The normalized spacial score (nSPS) is 10.8. The summed E-state index contributed by atoms with van der Waals surface area (Å²) in [5.74, 6) is -0.689. The van der Waals surface area contributed by atoms with Crippen LogP contribution < -0.4 is 5.32 Å². The van der Waals surface area contributed by atoms with E-state index in [1.54, 1.807) is 27.7 Å². The Balaban J connectivity index is 2.29. The van der Waals surface area contributed by atoms with Gasteiger partial charge in [-0.15, -0.1) is 0 Å².